The molecule has 0 amide bonds. The number of aliphatic imine (C=N–C) groups is 1. The van der Waals surface area contributed by atoms with E-state index in [0.29, 0.717) is 23.3 Å². The second-order valence-corrected chi connectivity index (χ2v) is 6.10. The molecule has 0 aliphatic rings. The van der Waals surface area contributed by atoms with Gasteiger partial charge >= 0.3 is 6.18 Å². The molecule has 0 heterocycles. The lowest BCUT2D eigenvalue weighted by molar-refractivity contribution is -0.138. The van der Waals surface area contributed by atoms with Crippen LogP contribution in [-0.4, -0.2) is 34.3 Å². The first-order chi connectivity index (χ1) is 14.2. The highest BCUT2D eigenvalue weighted by Gasteiger charge is 2.33. The average molecular weight is 557 g/mol. The molecular weight excluding hydrogens is 533 g/mol. The van der Waals surface area contributed by atoms with Crippen molar-refractivity contribution >= 4 is 29.9 Å². The molecule has 0 atom stereocenters. The molecule has 0 aromatic heterocycles. The number of nitrogens with zero attached hydrogens (tertiary/aromatic N) is 1. The van der Waals surface area contributed by atoms with Crippen LogP contribution in [0, 0.1) is 5.82 Å². The predicted molar refractivity (Wildman–Crippen MR) is 120 cm³/mol. The van der Waals surface area contributed by atoms with Crippen LogP contribution in [0.4, 0.5) is 17.6 Å². The lowest BCUT2D eigenvalue weighted by Gasteiger charge is -2.17. The lowest BCUT2D eigenvalue weighted by atomic mass is 10.1. The van der Waals surface area contributed by atoms with Crippen LogP contribution in [0.2, 0.25) is 0 Å². The van der Waals surface area contributed by atoms with Crippen molar-refractivity contribution in [2.45, 2.75) is 19.3 Å². The third-order valence-electron chi connectivity index (χ3n) is 4.28. The summed E-state index contributed by atoms with van der Waals surface area (Å²) < 4.78 is 68.5. The number of guanidine groups is 1. The van der Waals surface area contributed by atoms with Crippen LogP contribution in [0.5, 0.6) is 17.2 Å². The maximum absolute atomic E-state index is 13.3. The predicted octanol–water partition coefficient (Wildman–Crippen LogP) is 4.35. The van der Waals surface area contributed by atoms with Crippen molar-refractivity contribution in [3.63, 3.8) is 0 Å². The number of hydrogen-bond acceptors (Lipinski definition) is 4. The molecule has 0 bridgehead atoms. The fourth-order valence-electron chi connectivity index (χ4n) is 2.78. The van der Waals surface area contributed by atoms with Crippen molar-refractivity contribution in [3.8, 4) is 17.2 Å². The quantitative estimate of drug-likeness (QED) is 0.230. The normalized spacial score (nSPS) is 11.4. The highest BCUT2D eigenvalue weighted by molar-refractivity contribution is 14.0. The summed E-state index contributed by atoms with van der Waals surface area (Å²) in [6.07, 6.45) is -4.66. The monoisotopic (exact) mass is 557 g/mol. The molecule has 2 aromatic rings. The molecule has 0 radical (unpaired) electrons. The first kappa shape index (κ1) is 26.6. The molecule has 0 saturated heterocycles. The van der Waals surface area contributed by atoms with Crippen LogP contribution < -0.4 is 24.8 Å². The zero-order chi connectivity index (χ0) is 22.3. The maximum Gasteiger partial charge on any atom is 0.416 e. The maximum atomic E-state index is 13.3. The zero-order valence-corrected chi connectivity index (χ0v) is 19.7. The van der Waals surface area contributed by atoms with Crippen LogP contribution in [0.25, 0.3) is 0 Å². The van der Waals surface area contributed by atoms with Crippen molar-refractivity contribution in [1.82, 2.24) is 10.6 Å². The Labute approximate surface area is 195 Å². The SMILES string of the molecule is CN=C(NCc1cc(OC)c(OC)cc1OC)NCc1ccc(F)cc1C(F)(F)F.I. The Bertz CT molecular complexity index is 908. The van der Waals surface area contributed by atoms with E-state index in [4.69, 9.17) is 14.2 Å². The molecule has 0 unspecified atom stereocenters. The van der Waals surface area contributed by atoms with E-state index in [1.54, 1.807) is 12.1 Å². The second-order valence-electron chi connectivity index (χ2n) is 6.10. The Morgan fingerprint density at radius 1 is 0.871 bits per heavy atom. The molecule has 2 N–H and O–H groups in total. The molecule has 2 rings (SSSR count). The summed E-state index contributed by atoms with van der Waals surface area (Å²) in [5.41, 5.74) is -0.418. The largest absolute Gasteiger partial charge is 0.496 e. The summed E-state index contributed by atoms with van der Waals surface area (Å²) in [4.78, 5) is 4.00. The molecule has 172 valence electrons. The third-order valence-corrected chi connectivity index (χ3v) is 4.28. The Balaban J connectivity index is 0.00000480. The molecule has 2 aromatic carbocycles. The number of hydrogen-bond donors (Lipinski definition) is 2. The van der Waals surface area contributed by atoms with E-state index in [-0.39, 0.29) is 48.6 Å². The molecule has 0 aliphatic heterocycles. The van der Waals surface area contributed by atoms with Crippen molar-refractivity contribution in [2.75, 3.05) is 28.4 Å². The minimum atomic E-state index is -4.66. The Morgan fingerprint density at radius 3 is 1.94 bits per heavy atom. The van der Waals surface area contributed by atoms with Crippen LogP contribution in [0.1, 0.15) is 16.7 Å². The molecular formula is C20H24F4IN3O3. The Kier molecular flexibility index (Phi) is 10.1. The topological polar surface area (TPSA) is 64.1 Å². The van der Waals surface area contributed by atoms with Crippen molar-refractivity contribution in [2.24, 2.45) is 4.99 Å². The van der Waals surface area contributed by atoms with Gasteiger partial charge in [-0.15, -0.1) is 24.0 Å². The summed E-state index contributed by atoms with van der Waals surface area (Å²) in [6.45, 7) is 0.0522. The van der Waals surface area contributed by atoms with Gasteiger partial charge in [0, 0.05) is 31.8 Å². The summed E-state index contributed by atoms with van der Waals surface area (Å²) in [5, 5.41) is 5.79. The van der Waals surface area contributed by atoms with Crippen molar-refractivity contribution in [3.05, 3.63) is 52.8 Å². The first-order valence-electron chi connectivity index (χ1n) is 8.82. The Morgan fingerprint density at radius 2 is 1.42 bits per heavy atom. The van der Waals surface area contributed by atoms with Gasteiger partial charge in [0.15, 0.2) is 17.5 Å². The third kappa shape index (κ3) is 7.04. The van der Waals surface area contributed by atoms with Gasteiger partial charge in [-0.2, -0.15) is 13.2 Å². The van der Waals surface area contributed by atoms with Gasteiger partial charge in [-0.3, -0.25) is 4.99 Å². The molecule has 11 heteroatoms. The molecule has 0 saturated carbocycles. The van der Waals surface area contributed by atoms with E-state index in [1.807, 2.05) is 0 Å². The van der Waals surface area contributed by atoms with Crippen LogP contribution in [0.3, 0.4) is 0 Å². The van der Waals surface area contributed by atoms with Gasteiger partial charge < -0.3 is 24.8 Å². The molecule has 0 spiro atoms. The molecule has 6 nitrogen and oxygen atoms in total. The van der Waals surface area contributed by atoms with Crippen LogP contribution in [-0.2, 0) is 19.3 Å². The number of ether oxygens (including phenoxy) is 3. The first-order valence-corrected chi connectivity index (χ1v) is 8.82. The number of alkyl halides is 3. The molecule has 0 aliphatic carbocycles. The summed E-state index contributed by atoms with van der Waals surface area (Å²) >= 11 is 0. The molecule has 31 heavy (non-hydrogen) atoms. The summed E-state index contributed by atoms with van der Waals surface area (Å²) in [5.74, 6) is 0.836. The standard InChI is InChI=1S/C20H23F4N3O3.HI/c1-25-19(26-10-12-5-6-14(21)8-15(12)20(22,23)24)27-11-13-7-17(29-3)18(30-4)9-16(13)28-2;/h5-9H,10-11H2,1-4H3,(H2,25,26,27);1H. The highest BCUT2D eigenvalue weighted by atomic mass is 127. The zero-order valence-electron chi connectivity index (χ0n) is 17.4. The average Bonchev–Trinajstić information content (AvgIpc) is 2.73. The number of rotatable bonds is 7. The summed E-state index contributed by atoms with van der Waals surface area (Å²) in [6, 6.07) is 5.94. The summed E-state index contributed by atoms with van der Waals surface area (Å²) in [7, 11) is 6.00. The number of benzene rings is 2. The fourth-order valence-corrected chi connectivity index (χ4v) is 2.78. The van der Waals surface area contributed by atoms with E-state index in [2.05, 4.69) is 15.6 Å². The van der Waals surface area contributed by atoms with E-state index >= 15 is 0 Å². The number of halogens is 5. The minimum absolute atomic E-state index is 0. The second kappa shape index (κ2) is 11.8. The number of nitrogens with one attached hydrogen (secondary N) is 2. The number of methoxy groups -OCH3 is 3. The van der Waals surface area contributed by atoms with Gasteiger partial charge in [0.2, 0.25) is 0 Å². The van der Waals surface area contributed by atoms with Gasteiger partial charge in [0.25, 0.3) is 0 Å². The van der Waals surface area contributed by atoms with Gasteiger partial charge in [0.05, 0.1) is 26.9 Å². The van der Waals surface area contributed by atoms with Gasteiger partial charge in [0.1, 0.15) is 11.6 Å². The highest BCUT2D eigenvalue weighted by Crippen LogP contribution is 2.35. The van der Waals surface area contributed by atoms with Crippen molar-refractivity contribution < 1.29 is 31.8 Å². The van der Waals surface area contributed by atoms with E-state index in [1.165, 1.54) is 28.4 Å². The van der Waals surface area contributed by atoms with Crippen molar-refractivity contribution in [1.29, 1.82) is 0 Å². The minimum Gasteiger partial charge on any atom is -0.496 e. The van der Waals surface area contributed by atoms with Crippen LogP contribution >= 0.6 is 24.0 Å². The lowest BCUT2D eigenvalue weighted by Crippen LogP contribution is -2.36. The fraction of sp³-hybridized carbons (Fsp3) is 0.350. The van der Waals surface area contributed by atoms with Gasteiger partial charge in [-0.25, -0.2) is 4.39 Å². The van der Waals surface area contributed by atoms with Gasteiger partial charge in [-0.05, 0) is 23.8 Å². The van der Waals surface area contributed by atoms with Gasteiger partial charge in [-0.1, -0.05) is 6.07 Å². The van der Waals surface area contributed by atoms with E-state index < -0.39 is 17.6 Å². The Hall–Kier alpha value is -2.44. The van der Waals surface area contributed by atoms with Crippen LogP contribution in [0.15, 0.2) is 35.3 Å². The molecule has 0 fully saturated rings. The smallest absolute Gasteiger partial charge is 0.416 e. The van der Waals surface area contributed by atoms with E-state index in [0.717, 1.165) is 17.7 Å². The van der Waals surface area contributed by atoms with E-state index in [9.17, 15) is 17.6 Å².